The van der Waals surface area contributed by atoms with Gasteiger partial charge in [-0.1, -0.05) is 29.5 Å². The normalized spacial score (nSPS) is 9.06. The first-order valence-corrected chi connectivity index (χ1v) is 4.94. The lowest BCUT2D eigenvalue weighted by atomic mass is 10.1. The fraction of sp³-hybridized carbons (Fsp3) is 0.167. The maximum Gasteiger partial charge on any atom is 0.307 e. The summed E-state index contributed by atoms with van der Waals surface area (Å²) in [6.45, 7) is 0. The van der Waals surface area contributed by atoms with E-state index in [1.807, 2.05) is 0 Å². The molecule has 0 bridgehead atoms. The van der Waals surface area contributed by atoms with Crippen molar-refractivity contribution in [1.82, 2.24) is 0 Å². The van der Waals surface area contributed by atoms with Crippen LogP contribution in [-0.2, 0) is 16.0 Å². The zero-order chi connectivity index (χ0) is 12.0. The van der Waals surface area contributed by atoms with Gasteiger partial charge in [-0.2, -0.15) is 0 Å². The van der Waals surface area contributed by atoms with Gasteiger partial charge in [-0.3, -0.25) is 4.79 Å². The van der Waals surface area contributed by atoms with E-state index < -0.39 is 5.97 Å². The first-order valence-electron chi connectivity index (χ1n) is 4.56. The van der Waals surface area contributed by atoms with Gasteiger partial charge >= 0.3 is 5.97 Å². The highest BCUT2D eigenvalue weighted by Crippen LogP contribution is 2.18. The first-order chi connectivity index (χ1) is 7.63. The molecule has 0 heterocycles. The zero-order valence-corrected chi connectivity index (χ0v) is 9.12. The lowest BCUT2D eigenvalue weighted by Crippen LogP contribution is -2.00. The molecule has 1 N–H and O–H groups in total. The topological polar surface area (TPSA) is 54.4 Å². The summed E-state index contributed by atoms with van der Waals surface area (Å²) in [4.78, 5) is 20.5. The summed E-state index contributed by atoms with van der Waals surface area (Å²) in [5.41, 5.74) is 1.22. The van der Waals surface area contributed by atoms with Gasteiger partial charge in [0.15, 0.2) is 0 Å². The maximum absolute atomic E-state index is 10.5. The smallest absolute Gasteiger partial charge is 0.307 e. The molecule has 1 rings (SSSR count). The van der Waals surface area contributed by atoms with Crippen LogP contribution in [0.2, 0.25) is 5.02 Å². The van der Waals surface area contributed by atoms with Gasteiger partial charge in [0, 0.05) is 10.6 Å². The third kappa shape index (κ3) is 3.76. The van der Waals surface area contributed by atoms with Crippen LogP contribution in [0.25, 0.3) is 0 Å². The molecule has 1 aromatic rings. The molecule has 0 radical (unpaired) electrons. The Kier molecular flexibility index (Phi) is 4.56. The number of aliphatic carboxylic acids is 1. The highest BCUT2D eigenvalue weighted by atomic mass is 35.5. The molecular formula is C12H9ClO3. The van der Waals surface area contributed by atoms with Crippen molar-refractivity contribution in [3.63, 3.8) is 0 Å². The Balaban J connectivity index is 2.87. The molecule has 0 saturated carbocycles. The van der Waals surface area contributed by atoms with E-state index >= 15 is 0 Å². The largest absolute Gasteiger partial charge is 0.481 e. The first kappa shape index (κ1) is 12.3. The number of carbonyl (C=O) groups is 2. The van der Waals surface area contributed by atoms with E-state index in [1.165, 1.54) is 0 Å². The van der Waals surface area contributed by atoms with Gasteiger partial charge in [0.25, 0.3) is 0 Å². The van der Waals surface area contributed by atoms with E-state index in [2.05, 4.69) is 11.8 Å². The molecule has 0 amide bonds. The fourth-order valence-electron chi connectivity index (χ4n) is 1.13. The number of carbonyl (C=O) groups excluding carboxylic acids is 1. The van der Waals surface area contributed by atoms with Gasteiger partial charge in [0.2, 0.25) is 0 Å². The minimum atomic E-state index is -0.929. The van der Waals surface area contributed by atoms with E-state index in [4.69, 9.17) is 16.7 Å². The number of aldehydes is 1. The van der Waals surface area contributed by atoms with Crippen molar-refractivity contribution in [3.05, 3.63) is 34.3 Å². The van der Waals surface area contributed by atoms with Crippen molar-refractivity contribution in [2.24, 2.45) is 0 Å². The molecule has 0 aliphatic rings. The summed E-state index contributed by atoms with van der Waals surface area (Å²) in [7, 11) is 0. The Bertz CT molecular complexity index is 469. The average molecular weight is 237 g/mol. The van der Waals surface area contributed by atoms with Gasteiger partial charge in [-0.15, -0.1) is 0 Å². The summed E-state index contributed by atoms with van der Waals surface area (Å²) >= 11 is 5.89. The Labute approximate surface area is 98.0 Å². The Morgan fingerprint density at radius 2 is 2.25 bits per heavy atom. The third-order valence-electron chi connectivity index (χ3n) is 1.81. The van der Waals surface area contributed by atoms with Crippen LogP contribution in [0.1, 0.15) is 17.5 Å². The van der Waals surface area contributed by atoms with Crippen LogP contribution in [0.3, 0.4) is 0 Å². The number of rotatable bonds is 3. The lowest BCUT2D eigenvalue weighted by Gasteiger charge is -2.00. The van der Waals surface area contributed by atoms with E-state index in [9.17, 15) is 9.59 Å². The molecule has 0 unspecified atom stereocenters. The van der Waals surface area contributed by atoms with Gasteiger partial charge in [-0.25, -0.2) is 0 Å². The van der Waals surface area contributed by atoms with Crippen LogP contribution >= 0.6 is 11.6 Å². The predicted molar refractivity (Wildman–Crippen MR) is 60.4 cm³/mol. The van der Waals surface area contributed by atoms with Crippen molar-refractivity contribution in [2.75, 3.05) is 0 Å². The van der Waals surface area contributed by atoms with Gasteiger partial charge in [0.05, 0.1) is 12.8 Å². The van der Waals surface area contributed by atoms with Crippen LogP contribution < -0.4 is 0 Å². The van der Waals surface area contributed by atoms with Crippen molar-refractivity contribution < 1.29 is 14.7 Å². The number of halogens is 1. The molecule has 0 aliphatic carbocycles. The molecule has 0 atom stereocenters. The number of carboxylic acids is 1. The number of hydrogen-bond donors (Lipinski definition) is 1. The molecule has 0 fully saturated rings. The standard InChI is InChI=1S/C12H9ClO3/c13-11-7-9(3-1-2-6-14)4-5-10(11)8-12(15)16/h4-7H,2,8H2,(H,15,16). The monoisotopic (exact) mass is 236 g/mol. The van der Waals surface area contributed by atoms with Gasteiger partial charge < -0.3 is 9.90 Å². The summed E-state index contributed by atoms with van der Waals surface area (Å²) in [5, 5.41) is 8.98. The molecule has 1 aromatic carbocycles. The quantitative estimate of drug-likeness (QED) is 0.644. The minimum Gasteiger partial charge on any atom is -0.481 e. The minimum absolute atomic E-state index is 0.110. The highest BCUT2D eigenvalue weighted by Gasteiger charge is 2.05. The highest BCUT2D eigenvalue weighted by molar-refractivity contribution is 6.31. The Hall–Kier alpha value is -1.79. The predicted octanol–water partition coefficient (Wildman–Crippen LogP) is 1.91. The van der Waals surface area contributed by atoms with Crippen molar-refractivity contribution in [1.29, 1.82) is 0 Å². The summed E-state index contributed by atoms with van der Waals surface area (Å²) in [6, 6.07) is 4.90. The summed E-state index contributed by atoms with van der Waals surface area (Å²) < 4.78 is 0. The zero-order valence-electron chi connectivity index (χ0n) is 8.37. The lowest BCUT2D eigenvalue weighted by molar-refractivity contribution is -0.136. The van der Waals surface area contributed by atoms with E-state index in [0.29, 0.717) is 22.4 Å². The number of hydrogen-bond acceptors (Lipinski definition) is 2. The molecule has 4 heteroatoms. The molecule has 3 nitrogen and oxygen atoms in total. The SMILES string of the molecule is O=CCC#Cc1ccc(CC(=O)O)c(Cl)c1. The average Bonchev–Trinajstić information content (AvgIpc) is 2.22. The molecule has 0 aliphatic heterocycles. The fourth-order valence-corrected chi connectivity index (χ4v) is 1.37. The van der Waals surface area contributed by atoms with E-state index in [1.54, 1.807) is 18.2 Å². The van der Waals surface area contributed by atoms with E-state index in [-0.39, 0.29) is 12.8 Å². The van der Waals surface area contributed by atoms with Crippen LogP contribution in [0, 0.1) is 11.8 Å². The molecular weight excluding hydrogens is 228 g/mol. The number of benzene rings is 1. The second-order valence-electron chi connectivity index (χ2n) is 3.05. The van der Waals surface area contributed by atoms with Gasteiger partial charge in [0.1, 0.15) is 6.29 Å². The van der Waals surface area contributed by atoms with Crippen molar-refractivity contribution >= 4 is 23.9 Å². The molecule has 0 spiro atoms. The maximum atomic E-state index is 10.5. The summed E-state index contributed by atoms with van der Waals surface area (Å²) in [5.74, 6) is 4.47. The van der Waals surface area contributed by atoms with E-state index in [0.717, 1.165) is 0 Å². The van der Waals surface area contributed by atoms with Gasteiger partial charge in [-0.05, 0) is 17.7 Å². The number of carboxylic acid groups (broad SMARTS) is 1. The molecule has 82 valence electrons. The molecule has 0 aromatic heterocycles. The Morgan fingerprint density at radius 3 is 2.81 bits per heavy atom. The van der Waals surface area contributed by atoms with Crippen LogP contribution in [-0.4, -0.2) is 17.4 Å². The van der Waals surface area contributed by atoms with Crippen molar-refractivity contribution in [3.8, 4) is 11.8 Å². The Morgan fingerprint density at radius 1 is 1.50 bits per heavy atom. The van der Waals surface area contributed by atoms with Crippen LogP contribution in [0.15, 0.2) is 18.2 Å². The second-order valence-corrected chi connectivity index (χ2v) is 3.46. The van der Waals surface area contributed by atoms with Crippen LogP contribution in [0.4, 0.5) is 0 Å². The van der Waals surface area contributed by atoms with Crippen molar-refractivity contribution in [2.45, 2.75) is 12.8 Å². The summed E-state index contributed by atoms with van der Waals surface area (Å²) in [6.07, 6.45) is 0.781. The van der Waals surface area contributed by atoms with Crippen LogP contribution in [0.5, 0.6) is 0 Å². The molecule has 16 heavy (non-hydrogen) atoms. The second kappa shape index (κ2) is 5.94. The molecule has 0 saturated heterocycles. The third-order valence-corrected chi connectivity index (χ3v) is 2.16.